The van der Waals surface area contributed by atoms with Crippen molar-refractivity contribution in [1.82, 2.24) is 0 Å². The molecule has 548 valence electrons. The van der Waals surface area contributed by atoms with E-state index in [1.54, 1.807) is 0 Å². The highest BCUT2D eigenvalue weighted by molar-refractivity contribution is 7.47. The van der Waals surface area contributed by atoms with Crippen molar-refractivity contribution in [3.05, 3.63) is 182 Å². The first-order valence-electron chi connectivity index (χ1n) is 36.1. The lowest BCUT2D eigenvalue weighted by molar-refractivity contribution is -0.161. The van der Waals surface area contributed by atoms with Gasteiger partial charge in [-0.1, -0.05) is 248 Å². The number of phosphoric ester groups is 2. The predicted molar refractivity (Wildman–Crippen MR) is 398 cm³/mol. The average Bonchev–Trinajstić information content (AvgIpc) is 3.63. The van der Waals surface area contributed by atoms with Crippen molar-refractivity contribution in [3.63, 3.8) is 0 Å². The van der Waals surface area contributed by atoms with Crippen molar-refractivity contribution < 1.29 is 75.8 Å². The molecule has 0 bridgehead atoms. The summed E-state index contributed by atoms with van der Waals surface area (Å²) in [5.41, 5.74) is 0. The number of aliphatic hydroxyl groups excluding tert-OH is 2. The molecule has 0 aliphatic heterocycles. The molecule has 0 saturated heterocycles. The van der Waals surface area contributed by atoms with Gasteiger partial charge in [0.15, 0.2) is 6.10 Å². The van der Waals surface area contributed by atoms with Crippen LogP contribution in [0.5, 0.6) is 0 Å². The van der Waals surface area contributed by atoms with Crippen LogP contribution in [-0.2, 0) is 55.8 Å². The van der Waals surface area contributed by atoms with E-state index >= 15 is 0 Å². The molecule has 0 spiro atoms. The largest absolute Gasteiger partial charge is 0.472 e. The van der Waals surface area contributed by atoms with E-state index in [2.05, 4.69) is 191 Å². The second-order valence-corrected chi connectivity index (χ2v) is 26.2. The van der Waals surface area contributed by atoms with Gasteiger partial charge in [0.2, 0.25) is 0 Å². The Hall–Kier alpha value is -5.35. The highest BCUT2D eigenvalue weighted by atomic mass is 31.2. The monoisotopic (exact) mass is 1390 g/mol. The van der Waals surface area contributed by atoms with Gasteiger partial charge in [-0.05, 0) is 154 Å². The summed E-state index contributed by atoms with van der Waals surface area (Å²) in [7, 11) is -9.83. The van der Waals surface area contributed by atoms with Gasteiger partial charge in [0.1, 0.15) is 25.4 Å². The lowest BCUT2D eigenvalue weighted by Gasteiger charge is -2.21. The summed E-state index contributed by atoms with van der Waals surface area (Å²) < 4.78 is 60.9. The smallest absolute Gasteiger partial charge is 0.463 e. The molecule has 0 saturated carbocycles. The molecule has 5 atom stereocenters. The second kappa shape index (κ2) is 70.5. The van der Waals surface area contributed by atoms with Gasteiger partial charge in [-0.2, -0.15) is 0 Å². The third-order valence-corrected chi connectivity index (χ3v) is 16.0. The number of ether oxygens (including phenoxy) is 3. The van der Waals surface area contributed by atoms with Crippen molar-refractivity contribution in [1.29, 1.82) is 0 Å². The maximum absolute atomic E-state index is 12.9. The van der Waals surface area contributed by atoms with Crippen molar-refractivity contribution in [2.75, 3.05) is 39.6 Å². The molecule has 0 rings (SSSR count). The summed E-state index contributed by atoms with van der Waals surface area (Å²) in [6, 6.07) is 0. The molecule has 0 aromatic rings. The fourth-order valence-corrected chi connectivity index (χ4v) is 10.2. The first-order chi connectivity index (χ1) is 47.2. The van der Waals surface area contributed by atoms with Gasteiger partial charge in [-0.15, -0.1) is 0 Å². The second-order valence-electron chi connectivity index (χ2n) is 23.3. The molecule has 0 aliphatic carbocycles. The summed E-state index contributed by atoms with van der Waals surface area (Å²) in [4.78, 5) is 58.5. The molecule has 0 fully saturated rings. The van der Waals surface area contributed by atoms with Gasteiger partial charge in [-0.3, -0.25) is 32.5 Å². The normalized spacial score (nSPS) is 15.2. The summed E-state index contributed by atoms with van der Waals surface area (Å²) in [6.45, 7) is 2.26. The van der Waals surface area contributed by atoms with Gasteiger partial charge >= 0.3 is 33.6 Å². The minimum Gasteiger partial charge on any atom is -0.463 e. The van der Waals surface area contributed by atoms with E-state index in [0.717, 1.165) is 154 Å². The van der Waals surface area contributed by atoms with Gasteiger partial charge in [0.25, 0.3) is 0 Å². The Balaban J connectivity index is 4.79. The molecule has 0 aliphatic rings. The number of carbonyl (C=O) groups excluding carboxylic acids is 3. The summed E-state index contributed by atoms with van der Waals surface area (Å²) >= 11 is 0. The number of phosphoric acid groups is 2. The van der Waals surface area contributed by atoms with Gasteiger partial charge < -0.3 is 34.2 Å². The molecule has 16 nitrogen and oxygen atoms in total. The lowest BCUT2D eigenvalue weighted by Crippen LogP contribution is -2.30. The zero-order valence-electron chi connectivity index (χ0n) is 59.4. The number of unbranched alkanes of at least 4 members (excludes halogenated alkanes) is 13. The minimum absolute atomic E-state index is 0.0135. The predicted octanol–water partition coefficient (Wildman–Crippen LogP) is 20.6. The Bertz CT molecular complexity index is 2490. The summed E-state index contributed by atoms with van der Waals surface area (Å²) in [5, 5.41) is 20.6. The molecule has 97 heavy (non-hydrogen) atoms. The summed E-state index contributed by atoms with van der Waals surface area (Å²) in [6.07, 6.45) is 89.4. The molecule has 0 radical (unpaired) electrons. The van der Waals surface area contributed by atoms with Gasteiger partial charge in [0, 0.05) is 19.3 Å². The Kier molecular flexibility index (Phi) is 66.6. The maximum Gasteiger partial charge on any atom is 0.472 e. The van der Waals surface area contributed by atoms with Crippen LogP contribution >= 0.6 is 15.6 Å². The first-order valence-corrected chi connectivity index (χ1v) is 39.1. The zero-order chi connectivity index (χ0) is 70.9. The number of esters is 3. The van der Waals surface area contributed by atoms with Crippen LogP contribution in [0.4, 0.5) is 0 Å². The first kappa shape index (κ1) is 91.6. The van der Waals surface area contributed by atoms with E-state index in [1.807, 2.05) is 12.2 Å². The van der Waals surface area contributed by atoms with Crippen LogP contribution in [0.25, 0.3) is 0 Å². The Morgan fingerprint density at radius 3 is 0.897 bits per heavy atom. The topological polar surface area (TPSA) is 231 Å². The fourth-order valence-electron chi connectivity index (χ4n) is 8.65. The van der Waals surface area contributed by atoms with Crippen molar-refractivity contribution in [2.24, 2.45) is 0 Å². The quantitative estimate of drug-likeness (QED) is 0.0146. The maximum atomic E-state index is 12.9. The van der Waals surface area contributed by atoms with E-state index in [1.165, 1.54) is 19.3 Å². The molecule has 0 aromatic carbocycles. The number of hydrogen-bond donors (Lipinski definition) is 4. The SMILES string of the molecule is CC/C=C\C/C=C\C/C=C\C/C=C\C/C=C\C/C=C\CCCCCCC(=O)OCC(O)COP(=O)(O)OCC(O)COP(=O)(O)OCC(COC(=O)CCCCCCC/C=C\C/C=C\C/C=C\C/C=C\CCCCC)OC(=O)CCC/C=C\C/C=C\C/C=C\C/C=C\C/C=C\CC. The van der Waals surface area contributed by atoms with Crippen LogP contribution < -0.4 is 0 Å². The van der Waals surface area contributed by atoms with Gasteiger partial charge in [0.05, 0.1) is 26.4 Å². The Morgan fingerprint density at radius 1 is 0.299 bits per heavy atom. The molecule has 0 heterocycles. The average molecular weight is 1390 g/mol. The number of rotatable bonds is 66. The van der Waals surface area contributed by atoms with Crippen LogP contribution in [0.1, 0.15) is 239 Å². The van der Waals surface area contributed by atoms with Crippen LogP contribution in [0.3, 0.4) is 0 Å². The number of hydrogen-bond acceptors (Lipinski definition) is 14. The van der Waals surface area contributed by atoms with E-state index in [4.69, 9.17) is 32.3 Å². The minimum atomic E-state index is -4.96. The van der Waals surface area contributed by atoms with E-state index in [9.17, 15) is 43.5 Å². The Labute approximate surface area is 585 Å². The van der Waals surface area contributed by atoms with Crippen molar-refractivity contribution >= 4 is 33.6 Å². The fraction of sp³-hybridized carbons (Fsp3) is 0.582. The molecular weight excluding hydrogens is 1270 g/mol. The van der Waals surface area contributed by atoms with Gasteiger partial charge in [-0.25, -0.2) is 9.13 Å². The zero-order valence-corrected chi connectivity index (χ0v) is 61.2. The number of aliphatic hydroxyl groups is 2. The number of allylic oxidation sites excluding steroid dienone is 30. The third-order valence-electron chi connectivity index (χ3n) is 14.1. The lowest BCUT2D eigenvalue weighted by atomic mass is 10.1. The van der Waals surface area contributed by atoms with E-state index in [0.29, 0.717) is 25.7 Å². The molecular formula is C79H126O16P2. The number of carbonyl (C=O) groups is 3. The van der Waals surface area contributed by atoms with E-state index in [-0.39, 0.29) is 19.3 Å². The van der Waals surface area contributed by atoms with Crippen LogP contribution in [0, 0.1) is 0 Å². The highest BCUT2D eigenvalue weighted by Gasteiger charge is 2.29. The molecule has 18 heteroatoms. The van der Waals surface area contributed by atoms with E-state index < -0.39 is 91.5 Å². The van der Waals surface area contributed by atoms with Crippen LogP contribution in [0.15, 0.2) is 182 Å². The Morgan fingerprint density at radius 2 is 0.557 bits per heavy atom. The highest BCUT2D eigenvalue weighted by Crippen LogP contribution is 2.45. The molecule has 5 unspecified atom stereocenters. The van der Waals surface area contributed by atoms with Crippen LogP contribution in [-0.4, -0.2) is 95.9 Å². The summed E-state index contributed by atoms with van der Waals surface area (Å²) in [5.74, 6) is -1.71. The molecule has 0 aromatic heterocycles. The van der Waals surface area contributed by atoms with Crippen LogP contribution in [0.2, 0.25) is 0 Å². The molecule has 0 amide bonds. The van der Waals surface area contributed by atoms with Crippen molar-refractivity contribution in [2.45, 2.75) is 257 Å². The molecule has 4 N–H and O–H groups in total. The standard InChI is InChI=1S/C79H126O16P2/c1-4-7-10-13-16-19-22-25-28-31-33-35-36-38-40-42-44-47-50-53-56-59-62-65-77(82)89-68-74(80)69-91-96(85,86)92-70-75(81)71-93-97(87,88)94-73-76(95-79(84)67-64-61-58-55-52-49-46-41-30-27-24-21-18-15-12-9-6-3)72-90-78(83)66-63-60-57-54-51-48-45-43-39-37-34-32-29-26-23-20-17-14-11-8-5-2/h7,9-10,12,16-21,25-30,33-35,37-38,40,43-47,49,55,58,74-76,80-81H,4-6,8,11,13-15,22-24,31-32,36,39,41-42,48,50-54,56-57,59-73H2,1-3H3,(H,85,86)(H,87,88)/b10-7-,12-9-,19-16-,20-17-,21-18-,28-25-,29-26-,30-27-,35-33-,37-34-,40-38-,45-43-,47-44-,49-46-,58-55-. The van der Waals surface area contributed by atoms with Crippen molar-refractivity contribution in [3.8, 4) is 0 Å². The third kappa shape index (κ3) is 71.7.